The summed E-state index contributed by atoms with van der Waals surface area (Å²) >= 11 is 5.90. The molecule has 0 unspecified atom stereocenters. The van der Waals surface area contributed by atoms with Gasteiger partial charge in [-0.25, -0.2) is 0 Å². The number of carbonyl (C=O) groups is 1. The van der Waals surface area contributed by atoms with E-state index in [2.05, 4.69) is 16.5 Å². The van der Waals surface area contributed by atoms with Gasteiger partial charge in [-0.2, -0.15) is 10.4 Å². The van der Waals surface area contributed by atoms with E-state index in [1.165, 1.54) is 0 Å². The van der Waals surface area contributed by atoms with Crippen molar-refractivity contribution in [3.05, 3.63) is 59.2 Å². The third kappa shape index (κ3) is 4.68. The number of ether oxygens (including phenoxy) is 2. The Morgan fingerprint density at radius 1 is 1.17 bits per heavy atom. The summed E-state index contributed by atoms with van der Waals surface area (Å²) in [5, 5.41) is 16.8. The lowest BCUT2D eigenvalue weighted by atomic mass is 10.1. The minimum atomic E-state index is -0.319. The number of hydrogen-bond acceptors (Lipinski definition) is 5. The van der Waals surface area contributed by atoms with Crippen molar-refractivity contribution in [2.45, 2.75) is 13.0 Å². The van der Waals surface area contributed by atoms with Gasteiger partial charge in [0.05, 0.1) is 38.8 Å². The topological polar surface area (TPSA) is 89.2 Å². The number of carbonyl (C=O) groups excluding carboxylic acids is 1. The molecule has 0 aliphatic rings. The fourth-order valence-corrected chi connectivity index (χ4v) is 2.92. The van der Waals surface area contributed by atoms with Gasteiger partial charge in [-0.15, -0.1) is 0 Å². The number of aryl methyl sites for hydroxylation is 1. The lowest BCUT2D eigenvalue weighted by Crippen LogP contribution is -2.12. The van der Waals surface area contributed by atoms with Gasteiger partial charge < -0.3 is 14.8 Å². The highest BCUT2D eigenvalue weighted by Gasteiger charge is 2.19. The SMILES string of the molecule is COc1ccc(-c2nn(CCC#N)cc2C(=O)Nc2ccc(Cl)cc2)cc1OC. The highest BCUT2D eigenvalue weighted by atomic mass is 35.5. The van der Waals surface area contributed by atoms with Crippen molar-refractivity contribution in [1.82, 2.24) is 9.78 Å². The maximum atomic E-state index is 12.9. The number of halogens is 1. The first kappa shape index (κ1) is 20.2. The molecule has 29 heavy (non-hydrogen) atoms. The second-order valence-corrected chi connectivity index (χ2v) is 6.53. The van der Waals surface area contributed by atoms with Gasteiger partial charge in [0.2, 0.25) is 0 Å². The molecule has 0 aliphatic carbocycles. The minimum absolute atomic E-state index is 0.283. The van der Waals surface area contributed by atoms with Crippen LogP contribution in [0.4, 0.5) is 5.69 Å². The molecule has 1 aromatic heterocycles. The van der Waals surface area contributed by atoms with E-state index in [4.69, 9.17) is 26.3 Å². The average molecular weight is 411 g/mol. The van der Waals surface area contributed by atoms with E-state index in [1.807, 2.05) is 0 Å². The zero-order valence-electron chi connectivity index (χ0n) is 16.0. The number of amides is 1. The first-order chi connectivity index (χ1) is 14.0. The van der Waals surface area contributed by atoms with Crippen LogP contribution in [0, 0.1) is 11.3 Å². The van der Waals surface area contributed by atoms with Gasteiger partial charge in [0.1, 0.15) is 5.69 Å². The summed E-state index contributed by atoms with van der Waals surface area (Å²) in [6.07, 6.45) is 1.92. The Morgan fingerprint density at radius 2 is 1.90 bits per heavy atom. The van der Waals surface area contributed by atoms with Crippen molar-refractivity contribution in [3.63, 3.8) is 0 Å². The predicted octanol–water partition coefficient (Wildman–Crippen LogP) is 4.39. The van der Waals surface area contributed by atoms with Gasteiger partial charge in [0, 0.05) is 22.5 Å². The fourth-order valence-electron chi connectivity index (χ4n) is 2.80. The average Bonchev–Trinajstić information content (AvgIpc) is 3.17. The molecule has 0 fully saturated rings. The molecule has 0 aliphatic heterocycles. The van der Waals surface area contributed by atoms with Crippen LogP contribution >= 0.6 is 11.6 Å². The second-order valence-electron chi connectivity index (χ2n) is 6.09. The standard InChI is InChI=1S/C21H19ClN4O3/c1-28-18-9-4-14(12-19(18)29-2)20-17(13-26(25-20)11-3-10-23)21(27)24-16-7-5-15(22)6-8-16/h4-9,12-13H,3,11H2,1-2H3,(H,24,27). The van der Waals surface area contributed by atoms with Gasteiger partial charge in [-0.3, -0.25) is 9.48 Å². The number of nitrogens with zero attached hydrogens (tertiary/aromatic N) is 3. The lowest BCUT2D eigenvalue weighted by molar-refractivity contribution is 0.102. The van der Waals surface area contributed by atoms with E-state index in [0.29, 0.717) is 45.6 Å². The van der Waals surface area contributed by atoms with Crippen LogP contribution in [-0.2, 0) is 6.54 Å². The molecule has 8 heteroatoms. The number of aromatic nitrogens is 2. The van der Waals surface area contributed by atoms with Gasteiger partial charge >= 0.3 is 0 Å². The molecule has 3 aromatic rings. The van der Waals surface area contributed by atoms with Crippen molar-refractivity contribution in [2.24, 2.45) is 0 Å². The van der Waals surface area contributed by atoms with E-state index >= 15 is 0 Å². The Morgan fingerprint density at radius 3 is 2.55 bits per heavy atom. The quantitative estimate of drug-likeness (QED) is 0.624. The lowest BCUT2D eigenvalue weighted by Gasteiger charge is -2.10. The van der Waals surface area contributed by atoms with E-state index in [0.717, 1.165) is 0 Å². The third-order valence-corrected chi connectivity index (χ3v) is 4.47. The van der Waals surface area contributed by atoms with Crippen LogP contribution in [0.1, 0.15) is 16.8 Å². The van der Waals surface area contributed by atoms with E-state index < -0.39 is 0 Å². The normalized spacial score (nSPS) is 10.3. The molecule has 0 saturated carbocycles. The third-order valence-electron chi connectivity index (χ3n) is 4.22. The Kier molecular flexibility index (Phi) is 6.37. The van der Waals surface area contributed by atoms with E-state index in [-0.39, 0.29) is 12.3 Å². The van der Waals surface area contributed by atoms with Gasteiger partial charge in [-0.05, 0) is 42.5 Å². The summed E-state index contributed by atoms with van der Waals surface area (Å²) in [5.41, 5.74) is 2.17. The Balaban J connectivity index is 1.99. The van der Waals surface area contributed by atoms with E-state index in [9.17, 15) is 4.79 Å². The van der Waals surface area contributed by atoms with Crippen LogP contribution < -0.4 is 14.8 Å². The number of nitrogens with one attached hydrogen (secondary N) is 1. The maximum Gasteiger partial charge on any atom is 0.259 e. The van der Waals surface area contributed by atoms with Gasteiger partial charge in [0.25, 0.3) is 5.91 Å². The summed E-state index contributed by atoms with van der Waals surface area (Å²) in [6.45, 7) is 0.380. The zero-order chi connectivity index (χ0) is 20.8. The van der Waals surface area contributed by atoms with Crippen molar-refractivity contribution >= 4 is 23.2 Å². The molecule has 2 aromatic carbocycles. The van der Waals surface area contributed by atoms with Crippen molar-refractivity contribution < 1.29 is 14.3 Å². The van der Waals surface area contributed by atoms with Gasteiger partial charge in [-0.1, -0.05) is 11.6 Å². The molecule has 1 heterocycles. The Labute approximate surface area is 173 Å². The summed E-state index contributed by atoms with van der Waals surface area (Å²) in [6, 6.07) is 14.2. The first-order valence-corrected chi connectivity index (χ1v) is 9.17. The molecule has 0 atom stereocenters. The molecule has 1 amide bonds. The molecular formula is C21H19ClN4O3. The largest absolute Gasteiger partial charge is 0.493 e. The summed E-state index contributed by atoms with van der Waals surface area (Å²) in [5.74, 6) is 0.785. The van der Waals surface area contributed by atoms with Gasteiger partial charge in [0.15, 0.2) is 11.5 Å². The molecule has 0 spiro atoms. The molecule has 7 nitrogen and oxygen atoms in total. The highest BCUT2D eigenvalue weighted by molar-refractivity contribution is 6.30. The molecular weight excluding hydrogens is 392 g/mol. The number of hydrogen-bond donors (Lipinski definition) is 1. The van der Waals surface area contributed by atoms with Crippen molar-refractivity contribution in [1.29, 1.82) is 5.26 Å². The maximum absolute atomic E-state index is 12.9. The highest BCUT2D eigenvalue weighted by Crippen LogP contribution is 2.33. The molecule has 0 bridgehead atoms. The first-order valence-electron chi connectivity index (χ1n) is 8.79. The van der Waals surface area contributed by atoms with Crippen LogP contribution in [0.5, 0.6) is 11.5 Å². The summed E-state index contributed by atoms with van der Waals surface area (Å²) in [4.78, 5) is 12.9. The smallest absolute Gasteiger partial charge is 0.259 e. The van der Waals surface area contributed by atoms with Crippen LogP contribution in [0.2, 0.25) is 5.02 Å². The van der Waals surface area contributed by atoms with E-state index in [1.54, 1.807) is 67.6 Å². The predicted molar refractivity (Wildman–Crippen MR) is 110 cm³/mol. The van der Waals surface area contributed by atoms with Crippen molar-refractivity contribution in [2.75, 3.05) is 19.5 Å². The molecule has 1 N–H and O–H groups in total. The van der Waals surface area contributed by atoms with Crippen LogP contribution in [0.25, 0.3) is 11.3 Å². The Hall–Kier alpha value is -3.50. The molecule has 3 rings (SSSR count). The summed E-state index contributed by atoms with van der Waals surface area (Å²) < 4.78 is 12.2. The second kappa shape index (κ2) is 9.13. The Bertz CT molecular complexity index is 1050. The molecule has 0 saturated heterocycles. The number of benzene rings is 2. The number of anilines is 1. The number of methoxy groups -OCH3 is 2. The minimum Gasteiger partial charge on any atom is -0.493 e. The molecule has 0 radical (unpaired) electrons. The monoisotopic (exact) mass is 410 g/mol. The van der Waals surface area contributed by atoms with Crippen LogP contribution in [0.15, 0.2) is 48.7 Å². The number of nitriles is 1. The van der Waals surface area contributed by atoms with Crippen LogP contribution in [-0.4, -0.2) is 29.9 Å². The fraction of sp³-hybridized carbons (Fsp3) is 0.190. The number of rotatable bonds is 7. The van der Waals surface area contributed by atoms with Crippen molar-refractivity contribution in [3.8, 4) is 28.8 Å². The molecule has 148 valence electrons. The summed E-state index contributed by atoms with van der Waals surface area (Å²) in [7, 11) is 3.10. The zero-order valence-corrected chi connectivity index (χ0v) is 16.7. The van der Waals surface area contributed by atoms with Crippen LogP contribution in [0.3, 0.4) is 0 Å².